The molecule has 0 aliphatic carbocycles. The quantitative estimate of drug-likeness (QED) is 0.717. The number of phenols is 1. The number of phenolic OH excluding ortho intramolecular Hbond substituents is 1. The number of rotatable bonds is 4. The Balaban J connectivity index is 0.00000289. The first-order valence-electron chi connectivity index (χ1n) is 5.50. The molecular weight excluding hydrogens is 385 g/mol. The molecule has 3 atom stereocenters. The van der Waals surface area contributed by atoms with Crippen LogP contribution in [0.2, 0.25) is 0 Å². The Morgan fingerprint density at radius 1 is 1.28 bits per heavy atom. The molecule has 0 radical (unpaired) electrons. The molecule has 1 rings (SSSR count). The van der Waals surface area contributed by atoms with Gasteiger partial charge in [-0.3, -0.25) is 0 Å². The van der Waals surface area contributed by atoms with Crippen LogP contribution in [-0.4, -0.2) is 16.3 Å². The Kier molecular flexibility index (Phi) is 7.78. The van der Waals surface area contributed by atoms with Crippen LogP contribution in [0, 0.1) is 5.92 Å². The van der Waals surface area contributed by atoms with Crippen LogP contribution in [0.15, 0.2) is 21.1 Å². The Bertz CT molecular complexity index is 381. The summed E-state index contributed by atoms with van der Waals surface area (Å²) in [6.45, 7) is 3.98. The molecule has 0 bridgehead atoms. The van der Waals surface area contributed by atoms with E-state index in [1.807, 2.05) is 13.8 Å². The summed E-state index contributed by atoms with van der Waals surface area (Å²) in [5.41, 5.74) is 6.82. The second-order valence-electron chi connectivity index (χ2n) is 4.24. The second kappa shape index (κ2) is 7.70. The molecule has 1 aromatic rings. The summed E-state index contributed by atoms with van der Waals surface area (Å²) in [6.07, 6.45) is 0.276. The molecular formula is C12H18Br2ClNO2. The van der Waals surface area contributed by atoms with Crippen molar-refractivity contribution in [3.05, 3.63) is 26.6 Å². The summed E-state index contributed by atoms with van der Waals surface area (Å²) in [6, 6.07) is 3.00. The van der Waals surface area contributed by atoms with Crippen molar-refractivity contribution in [1.82, 2.24) is 0 Å². The number of aromatic hydroxyl groups is 1. The van der Waals surface area contributed by atoms with Crippen molar-refractivity contribution in [2.24, 2.45) is 11.7 Å². The number of aliphatic hydroxyl groups is 1. The average molecular weight is 404 g/mol. The lowest BCUT2D eigenvalue weighted by molar-refractivity contribution is 0.0879. The second-order valence-corrected chi connectivity index (χ2v) is 5.94. The van der Waals surface area contributed by atoms with Crippen LogP contribution < -0.4 is 5.73 Å². The molecule has 0 aliphatic heterocycles. The molecule has 3 nitrogen and oxygen atoms in total. The fourth-order valence-electron chi connectivity index (χ4n) is 1.57. The maximum absolute atomic E-state index is 10.1. The van der Waals surface area contributed by atoms with Gasteiger partial charge < -0.3 is 15.9 Å². The fourth-order valence-corrected chi connectivity index (χ4v) is 2.79. The minimum Gasteiger partial charge on any atom is -0.506 e. The van der Waals surface area contributed by atoms with Crippen molar-refractivity contribution in [2.75, 3.05) is 0 Å². The third-order valence-corrected chi connectivity index (χ3v) is 4.23. The van der Waals surface area contributed by atoms with Crippen LogP contribution in [0.3, 0.4) is 0 Å². The van der Waals surface area contributed by atoms with Gasteiger partial charge in [0.15, 0.2) is 0 Å². The average Bonchev–Trinajstić information content (AvgIpc) is 2.32. The van der Waals surface area contributed by atoms with Crippen molar-refractivity contribution < 1.29 is 10.2 Å². The topological polar surface area (TPSA) is 66.5 Å². The standard InChI is InChI=1S/C12H17Br2NO2.ClH/c1-3-6(2)11(16)10(15)7-4-8(13)12(17)9(14)5-7;/h4-6,10-11,16-17H,3,15H2,1-2H3;1H/t6?,10-,11+;/m1./s1. The Morgan fingerprint density at radius 2 is 1.72 bits per heavy atom. The van der Waals surface area contributed by atoms with E-state index in [-0.39, 0.29) is 24.1 Å². The van der Waals surface area contributed by atoms with Crippen molar-refractivity contribution in [3.8, 4) is 5.75 Å². The van der Waals surface area contributed by atoms with Crippen LogP contribution in [0.5, 0.6) is 5.75 Å². The van der Waals surface area contributed by atoms with Gasteiger partial charge in [0.2, 0.25) is 0 Å². The maximum atomic E-state index is 10.1. The number of aliphatic hydroxyl groups excluding tert-OH is 1. The van der Waals surface area contributed by atoms with Gasteiger partial charge in [0.1, 0.15) is 5.75 Å². The third kappa shape index (κ3) is 4.10. The molecule has 0 aliphatic rings. The van der Waals surface area contributed by atoms with Gasteiger partial charge in [0, 0.05) is 0 Å². The number of nitrogens with two attached hydrogens (primary N) is 1. The largest absolute Gasteiger partial charge is 0.506 e. The summed E-state index contributed by atoms with van der Waals surface area (Å²) in [7, 11) is 0. The third-order valence-electron chi connectivity index (χ3n) is 3.02. The molecule has 0 aromatic heterocycles. The smallest absolute Gasteiger partial charge is 0.143 e. The van der Waals surface area contributed by atoms with E-state index in [1.54, 1.807) is 12.1 Å². The molecule has 0 fully saturated rings. The molecule has 0 saturated carbocycles. The fraction of sp³-hybridized carbons (Fsp3) is 0.500. The Labute approximate surface area is 130 Å². The summed E-state index contributed by atoms with van der Waals surface area (Å²) >= 11 is 6.50. The first-order chi connectivity index (χ1) is 7.88. The molecule has 1 aromatic carbocycles. The van der Waals surface area contributed by atoms with E-state index in [0.717, 1.165) is 12.0 Å². The molecule has 1 unspecified atom stereocenters. The lowest BCUT2D eigenvalue weighted by Crippen LogP contribution is -2.31. The molecule has 0 saturated heterocycles. The number of halogens is 3. The van der Waals surface area contributed by atoms with Crippen LogP contribution in [0.25, 0.3) is 0 Å². The van der Waals surface area contributed by atoms with Crippen LogP contribution >= 0.6 is 44.3 Å². The SMILES string of the molecule is CCC(C)[C@H](O)[C@H](N)c1cc(Br)c(O)c(Br)c1.Cl. The lowest BCUT2D eigenvalue weighted by Gasteiger charge is -2.24. The van der Waals surface area contributed by atoms with Crippen molar-refractivity contribution in [1.29, 1.82) is 0 Å². The molecule has 4 N–H and O–H groups in total. The van der Waals surface area contributed by atoms with Crippen molar-refractivity contribution in [2.45, 2.75) is 32.4 Å². The van der Waals surface area contributed by atoms with E-state index >= 15 is 0 Å². The molecule has 6 heteroatoms. The van der Waals surface area contributed by atoms with E-state index in [2.05, 4.69) is 31.9 Å². The molecule has 0 heterocycles. The minimum atomic E-state index is -0.594. The highest BCUT2D eigenvalue weighted by Gasteiger charge is 2.23. The van der Waals surface area contributed by atoms with Crippen LogP contribution in [-0.2, 0) is 0 Å². The zero-order chi connectivity index (χ0) is 13.2. The molecule has 18 heavy (non-hydrogen) atoms. The van der Waals surface area contributed by atoms with E-state index in [9.17, 15) is 10.2 Å². The van der Waals surface area contributed by atoms with Gasteiger partial charge in [0.25, 0.3) is 0 Å². The normalized spacial score (nSPS) is 15.7. The zero-order valence-corrected chi connectivity index (χ0v) is 14.2. The summed E-state index contributed by atoms with van der Waals surface area (Å²) < 4.78 is 1.13. The Hall–Kier alpha value is 0.190. The maximum Gasteiger partial charge on any atom is 0.143 e. The lowest BCUT2D eigenvalue weighted by atomic mass is 9.91. The van der Waals surface area contributed by atoms with E-state index in [4.69, 9.17) is 5.73 Å². The van der Waals surface area contributed by atoms with E-state index in [1.165, 1.54) is 0 Å². The molecule has 0 amide bonds. The van der Waals surface area contributed by atoms with Gasteiger partial charge in [-0.25, -0.2) is 0 Å². The highest BCUT2D eigenvalue weighted by atomic mass is 79.9. The van der Waals surface area contributed by atoms with E-state index in [0.29, 0.717) is 8.95 Å². The monoisotopic (exact) mass is 401 g/mol. The number of benzene rings is 1. The predicted octanol–water partition coefficient (Wildman–Crippen LogP) is 3.75. The van der Waals surface area contributed by atoms with Gasteiger partial charge in [0.05, 0.1) is 21.1 Å². The van der Waals surface area contributed by atoms with E-state index < -0.39 is 12.1 Å². The van der Waals surface area contributed by atoms with Crippen molar-refractivity contribution in [3.63, 3.8) is 0 Å². The zero-order valence-electron chi connectivity index (χ0n) is 10.2. The molecule has 104 valence electrons. The van der Waals surface area contributed by atoms with Crippen molar-refractivity contribution >= 4 is 44.3 Å². The van der Waals surface area contributed by atoms with Gasteiger partial charge in [-0.15, -0.1) is 12.4 Å². The highest BCUT2D eigenvalue weighted by molar-refractivity contribution is 9.11. The number of hydrogen-bond donors (Lipinski definition) is 3. The van der Waals surface area contributed by atoms with Gasteiger partial charge in [-0.2, -0.15) is 0 Å². The van der Waals surface area contributed by atoms with Gasteiger partial charge in [-0.1, -0.05) is 20.3 Å². The predicted molar refractivity (Wildman–Crippen MR) is 83.1 cm³/mol. The minimum absolute atomic E-state index is 0. The summed E-state index contributed by atoms with van der Waals surface area (Å²) in [5.74, 6) is 0.273. The summed E-state index contributed by atoms with van der Waals surface area (Å²) in [5, 5.41) is 19.7. The Morgan fingerprint density at radius 3 is 2.11 bits per heavy atom. The first kappa shape index (κ1) is 18.2. The van der Waals surface area contributed by atoms with Gasteiger partial charge >= 0.3 is 0 Å². The van der Waals surface area contributed by atoms with Gasteiger partial charge in [-0.05, 0) is 55.5 Å². The van der Waals surface area contributed by atoms with Crippen LogP contribution in [0.1, 0.15) is 31.9 Å². The molecule has 0 spiro atoms. The number of hydrogen-bond acceptors (Lipinski definition) is 3. The highest BCUT2D eigenvalue weighted by Crippen LogP contribution is 2.35. The van der Waals surface area contributed by atoms with Crippen LogP contribution in [0.4, 0.5) is 0 Å². The summed E-state index contributed by atoms with van der Waals surface area (Å²) in [4.78, 5) is 0. The first-order valence-corrected chi connectivity index (χ1v) is 7.08.